The largest absolute Gasteiger partial charge is 0.395 e. The summed E-state index contributed by atoms with van der Waals surface area (Å²) < 4.78 is 0. The van der Waals surface area contributed by atoms with E-state index in [-0.39, 0.29) is 12.5 Å². The van der Waals surface area contributed by atoms with Gasteiger partial charge in [-0.3, -0.25) is 4.79 Å². The Morgan fingerprint density at radius 2 is 2.47 bits per heavy atom. The highest BCUT2D eigenvalue weighted by molar-refractivity contribution is 7.08. The summed E-state index contributed by atoms with van der Waals surface area (Å²) in [6.45, 7) is 2.91. The molecule has 1 heterocycles. The maximum absolute atomic E-state index is 11.6. The molecular weight excluding hydrogens is 210 g/mol. The Balaban J connectivity index is 2.53. The van der Waals surface area contributed by atoms with Crippen molar-refractivity contribution in [1.82, 2.24) is 4.90 Å². The average Bonchev–Trinajstić information content (AvgIpc) is 2.75. The second-order valence-electron chi connectivity index (χ2n) is 3.03. The molecule has 0 radical (unpaired) electrons. The lowest BCUT2D eigenvalue weighted by atomic mass is 10.3. The van der Waals surface area contributed by atoms with Gasteiger partial charge in [-0.25, -0.2) is 0 Å². The minimum absolute atomic E-state index is 0.00582. The minimum atomic E-state index is -0.0576. The molecule has 1 aromatic rings. The van der Waals surface area contributed by atoms with E-state index in [1.807, 2.05) is 23.8 Å². The fourth-order valence-corrected chi connectivity index (χ4v) is 1.82. The molecule has 1 amide bonds. The molecule has 1 aromatic heterocycles. The van der Waals surface area contributed by atoms with E-state index in [1.54, 1.807) is 28.4 Å². The summed E-state index contributed by atoms with van der Waals surface area (Å²) in [5, 5.41) is 12.7. The summed E-state index contributed by atoms with van der Waals surface area (Å²) in [4.78, 5) is 13.2. The SMILES string of the molecule is CCN(CCO)C(=O)/C=C/c1ccsc1. The van der Waals surface area contributed by atoms with Crippen LogP contribution in [0.4, 0.5) is 0 Å². The van der Waals surface area contributed by atoms with Crippen LogP contribution in [0.2, 0.25) is 0 Å². The molecule has 4 heteroatoms. The molecule has 0 fully saturated rings. The molecule has 0 aliphatic rings. The normalized spacial score (nSPS) is 10.8. The molecule has 1 N–H and O–H groups in total. The van der Waals surface area contributed by atoms with Crippen LogP contribution in [-0.4, -0.2) is 35.6 Å². The Morgan fingerprint density at radius 1 is 1.67 bits per heavy atom. The van der Waals surface area contributed by atoms with Crippen LogP contribution in [0, 0.1) is 0 Å². The van der Waals surface area contributed by atoms with Crippen LogP contribution in [0.15, 0.2) is 22.9 Å². The van der Waals surface area contributed by atoms with Crippen molar-refractivity contribution in [3.63, 3.8) is 0 Å². The zero-order valence-electron chi connectivity index (χ0n) is 8.72. The van der Waals surface area contributed by atoms with Gasteiger partial charge in [-0.15, -0.1) is 0 Å². The van der Waals surface area contributed by atoms with Gasteiger partial charge in [0.05, 0.1) is 6.61 Å². The second-order valence-corrected chi connectivity index (χ2v) is 3.81. The first-order valence-electron chi connectivity index (χ1n) is 4.88. The van der Waals surface area contributed by atoms with Gasteiger partial charge in [0, 0.05) is 19.2 Å². The van der Waals surface area contributed by atoms with E-state index in [1.165, 1.54) is 0 Å². The molecule has 15 heavy (non-hydrogen) atoms. The van der Waals surface area contributed by atoms with Crippen molar-refractivity contribution in [1.29, 1.82) is 0 Å². The number of thiophene rings is 1. The van der Waals surface area contributed by atoms with Crippen molar-refractivity contribution in [2.45, 2.75) is 6.92 Å². The Bertz CT molecular complexity index is 319. The van der Waals surface area contributed by atoms with Crippen LogP contribution < -0.4 is 0 Å². The molecule has 0 spiro atoms. The number of carbonyl (C=O) groups is 1. The quantitative estimate of drug-likeness (QED) is 0.773. The van der Waals surface area contributed by atoms with Crippen LogP contribution in [0.25, 0.3) is 6.08 Å². The van der Waals surface area contributed by atoms with Crippen molar-refractivity contribution in [2.75, 3.05) is 19.7 Å². The van der Waals surface area contributed by atoms with Crippen molar-refractivity contribution in [2.24, 2.45) is 0 Å². The topological polar surface area (TPSA) is 40.5 Å². The fourth-order valence-electron chi connectivity index (χ4n) is 1.19. The van der Waals surface area contributed by atoms with Crippen LogP contribution >= 0.6 is 11.3 Å². The summed E-state index contributed by atoms with van der Waals surface area (Å²) in [5.41, 5.74) is 1.04. The van der Waals surface area contributed by atoms with Gasteiger partial charge >= 0.3 is 0 Å². The predicted molar refractivity (Wildman–Crippen MR) is 62.7 cm³/mol. The zero-order valence-corrected chi connectivity index (χ0v) is 9.54. The molecule has 0 unspecified atom stereocenters. The summed E-state index contributed by atoms with van der Waals surface area (Å²) in [7, 11) is 0. The third-order valence-corrected chi connectivity index (χ3v) is 2.73. The Kier molecular flexibility index (Phi) is 5.07. The third kappa shape index (κ3) is 3.85. The number of nitrogens with zero attached hydrogens (tertiary/aromatic N) is 1. The van der Waals surface area contributed by atoms with Gasteiger partial charge in [0.15, 0.2) is 0 Å². The number of aliphatic hydroxyl groups is 1. The Hall–Kier alpha value is -1.13. The molecule has 1 rings (SSSR count). The van der Waals surface area contributed by atoms with Gasteiger partial charge in [-0.05, 0) is 35.4 Å². The monoisotopic (exact) mass is 225 g/mol. The maximum atomic E-state index is 11.6. The number of carbonyl (C=O) groups excluding carboxylic acids is 1. The van der Waals surface area contributed by atoms with Crippen molar-refractivity contribution < 1.29 is 9.90 Å². The van der Waals surface area contributed by atoms with E-state index in [4.69, 9.17) is 5.11 Å². The van der Waals surface area contributed by atoms with Gasteiger partial charge in [-0.1, -0.05) is 0 Å². The summed E-state index contributed by atoms with van der Waals surface area (Å²) in [5.74, 6) is -0.0576. The van der Waals surface area contributed by atoms with Crippen molar-refractivity contribution >= 4 is 23.3 Å². The number of aliphatic hydroxyl groups excluding tert-OH is 1. The number of hydrogen-bond acceptors (Lipinski definition) is 3. The summed E-state index contributed by atoms with van der Waals surface area (Å²) >= 11 is 1.60. The van der Waals surface area contributed by atoms with Gasteiger partial charge in [0.1, 0.15) is 0 Å². The molecule has 82 valence electrons. The standard InChI is InChI=1S/C11H15NO2S/c1-2-12(6-7-13)11(14)4-3-10-5-8-15-9-10/h3-5,8-9,13H,2,6-7H2,1H3/b4-3+. The second kappa shape index (κ2) is 6.37. The summed E-state index contributed by atoms with van der Waals surface area (Å²) in [6.07, 6.45) is 3.33. The highest BCUT2D eigenvalue weighted by Gasteiger charge is 2.06. The van der Waals surface area contributed by atoms with Gasteiger partial charge in [0.25, 0.3) is 0 Å². The molecule has 0 saturated carbocycles. The van der Waals surface area contributed by atoms with E-state index in [0.717, 1.165) is 5.56 Å². The average molecular weight is 225 g/mol. The lowest BCUT2D eigenvalue weighted by Gasteiger charge is -2.17. The Labute approximate surface area is 93.7 Å². The van der Waals surface area contributed by atoms with Gasteiger partial charge in [-0.2, -0.15) is 11.3 Å². The fraction of sp³-hybridized carbons (Fsp3) is 0.364. The smallest absolute Gasteiger partial charge is 0.246 e. The molecule has 0 aliphatic carbocycles. The molecule has 0 bridgehead atoms. The van der Waals surface area contributed by atoms with Crippen LogP contribution in [0.5, 0.6) is 0 Å². The molecule has 3 nitrogen and oxygen atoms in total. The van der Waals surface area contributed by atoms with E-state index in [2.05, 4.69) is 0 Å². The van der Waals surface area contributed by atoms with Gasteiger partial charge in [0.2, 0.25) is 5.91 Å². The van der Waals surface area contributed by atoms with Crippen LogP contribution in [0.1, 0.15) is 12.5 Å². The van der Waals surface area contributed by atoms with E-state index in [0.29, 0.717) is 13.1 Å². The van der Waals surface area contributed by atoms with Crippen molar-refractivity contribution in [3.05, 3.63) is 28.5 Å². The van der Waals surface area contributed by atoms with Crippen molar-refractivity contribution in [3.8, 4) is 0 Å². The lowest BCUT2D eigenvalue weighted by Crippen LogP contribution is -2.31. The molecular formula is C11H15NO2S. The predicted octanol–water partition coefficient (Wildman–Crippen LogP) is 1.60. The maximum Gasteiger partial charge on any atom is 0.246 e. The first-order chi connectivity index (χ1) is 7.27. The third-order valence-electron chi connectivity index (χ3n) is 2.02. The molecule has 0 aliphatic heterocycles. The number of likely N-dealkylation sites (N-methyl/N-ethyl adjacent to an activating group) is 1. The summed E-state index contributed by atoms with van der Waals surface area (Å²) in [6, 6.07) is 1.96. The number of amides is 1. The molecule has 0 atom stereocenters. The van der Waals surface area contributed by atoms with E-state index < -0.39 is 0 Å². The van der Waals surface area contributed by atoms with Crippen LogP contribution in [0.3, 0.4) is 0 Å². The number of hydrogen-bond donors (Lipinski definition) is 1. The lowest BCUT2D eigenvalue weighted by molar-refractivity contribution is -0.126. The zero-order chi connectivity index (χ0) is 11.1. The van der Waals surface area contributed by atoms with E-state index in [9.17, 15) is 4.79 Å². The highest BCUT2D eigenvalue weighted by atomic mass is 32.1. The Morgan fingerprint density at radius 3 is 3.00 bits per heavy atom. The minimum Gasteiger partial charge on any atom is -0.395 e. The van der Waals surface area contributed by atoms with E-state index >= 15 is 0 Å². The highest BCUT2D eigenvalue weighted by Crippen LogP contribution is 2.07. The van der Waals surface area contributed by atoms with Crippen LogP contribution in [-0.2, 0) is 4.79 Å². The van der Waals surface area contributed by atoms with Gasteiger partial charge < -0.3 is 10.0 Å². The molecule has 0 aromatic carbocycles. The molecule has 0 saturated heterocycles. The number of rotatable bonds is 5. The first-order valence-corrected chi connectivity index (χ1v) is 5.82. The first kappa shape index (κ1) is 11.9.